The van der Waals surface area contributed by atoms with Crippen LogP contribution in [0, 0.1) is 0 Å². The van der Waals surface area contributed by atoms with Gasteiger partial charge in [-0.1, -0.05) is 42.5 Å². The van der Waals surface area contributed by atoms with Gasteiger partial charge in [-0.25, -0.2) is 0 Å². The molecule has 0 saturated heterocycles. The first-order valence-corrected chi connectivity index (χ1v) is 4.56. The van der Waals surface area contributed by atoms with E-state index in [1.807, 2.05) is 56.3 Å². The molecule has 1 nitrogen and oxygen atoms in total. The van der Waals surface area contributed by atoms with Gasteiger partial charge in [-0.2, -0.15) is 0 Å². The number of rotatable bonds is 3. The van der Waals surface area contributed by atoms with Crippen molar-refractivity contribution in [3.63, 3.8) is 0 Å². The molecule has 0 radical (unpaired) electrons. The van der Waals surface area contributed by atoms with Crippen molar-refractivity contribution in [2.45, 2.75) is 25.9 Å². The van der Waals surface area contributed by atoms with Crippen LogP contribution in [0.15, 0.2) is 42.5 Å². The lowest BCUT2D eigenvalue weighted by Crippen LogP contribution is -2.19. The topological polar surface area (TPSA) is 20.2 Å². The smallest absolute Gasteiger partial charge is 0.0902 e. The Morgan fingerprint density at radius 1 is 1.31 bits per heavy atom. The fraction of sp³-hybridized carbons (Fsp3) is 0.333. The molecule has 0 aromatic heterocycles. The fourth-order valence-electron chi connectivity index (χ4n) is 1.26. The van der Waals surface area contributed by atoms with Gasteiger partial charge in [-0.05, 0) is 25.8 Å². The van der Waals surface area contributed by atoms with Crippen LogP contribution in [0.2, 0.25) is 0 Å². The lowest BCUT2D eigenvalue weighted by Gasteiger charge is -2.21. The van der Waals surface area contributed by atoms with Crippen LogP contribution in [0.3, 0.4) is 0 Å². The maximum atomic E-state index is 10.1. The average Bonchev–Trinajstić information content (AvgIpc) is 2.16. The van der Waals surface area contributed by atoms with Crippen LogP contribution in [0.25, 0.3) is 0 Å². The van der Waals surface area contributed by atoms with Crippen molar-refractivity contribution in [2.24, 2.45) is 0 Å². The molecule has 0 aliphatic rings. The molecule has 0 amide bonds. The molecule has 1 aromatic rings. The minimum Gasteiger partial charge on any atom is -0.385 e. The summed E-state index contributed by atoms with van der Waals surface area (Å²) in [6.45, 7) is 3.80. The minimum absolute atomic E-state index is 0.660. The Kier molecular flexibility index (Phi) is 3.26. The first-order valence-electron chi connectivity index (χ1n) is 4.56. The molecular formula is C12H16O. The van der Waals surface area contributed by atoms with E-state index in [9.17, 15) is 5.11 Å². The monoisotopic (exact) mass is 176 g/mol. The van der Waals surface area contributed by atoms with E-state index < -0.39 is 5.60 Å². The summed E-state index contributed by atoms with van der Waals surface area (Å²) in [5, 5.41) is 10.1. The van der Waals surface area contributed by atoms with Crippen LogP contribution in [0.4, 0.5) is 0 Å². The highest BCUT2D eigenvalue weighted by Gasteiger charge is 2.20. The van der Waals surface area contributed by atoms with Gasteiger partial charge in [0.25, 0.3) is 0 Å². The normalized spacial score (nSPS) is 15.9. The second-order valence-corrected chi connectivity index (χ2v) is 3.41. The summed E-state index contributed by atoms with van der Waals surface area (Å²) < 4.78 is 0. The van der Waals surface area contributed by atoms with Crippen molar-refractivity contribution >= 4 is 0 Å². The maximum Gasteiger partial charge on any atom is 0.0902 e. The maximum absolute atomic E-state index is 10.1. The summed E-state index contributed by atoms with van der Waals surface area (Å²) >= 11 is 0. The third-order valence-electron chi connectivity index (χ3n) is 2.15. The Bertz CT molecular complexity index is 272. The Morgan fingerprint density at radius 2 is 1.92 bits per heavy atom. The Hall–Kier alpha value is -1.08. The van der Waals surface area contributed by atoms with Crippen molar-refractivity contribution < 1.29 is 5.11 Å². The molecule has 0 aliphatic carbocycles. The van der Waals surface area contributed by atoms with Crippen LogP contribution in [0.5, 0.6) is 0 Å². The molecule has 0 aliphatic heterocycles. The van der Waals surface area contributed by atoms with E-state index in [4.69, 9.17) is 0 Å². The quantitative estimate of drug-likeness (QED) is 0.702. The largest absolute Gasteiger partial charge is 0.385 e. The molecule has 0 fully saturated rings. The summed E-state index contributed by atoms with van der Waals surface area (Å²) in [5.74, 6) is 0. The zero-order chi connectivity index (χ0) is 9.73. The molecule has 0 bridgehead atoms. The summed E-state index contributed by atoms with van der Waals surface area (Å²) in [7, 11) is 0. The van der Waals surface area contributed by atoms with E-state index in [1.54, 1.807) is 0 Å². The van der Waals surface area contributed by atoms with Gasteiger partial charge in [0, 0.05) is 0 Å². The highest BCUT2D eigenvalue weighted by molar-refractivity contribution is 5.22. The highest BCUT2D eigenvalue weighted by Crippen LogP contribution is 2.24. The van der Waals surface area contributed by atoms with Gasteiger partial charge >= 0.3 is 0 Å². The number of hydrogen-bond donors (Lipinski definition) is 1. The first kappa shape index (κ1) is 10.0. The lowest BCUT2D eigenvalue weighted by molar-refractivity contribution is 0.0605. The molecule has 0 saturated carbocycles. The summed E-state index contributed by atoms with van der Waals surface area (Å²) in [5.41, 5.74) is 0.224. The molecule has 0 heterocycles. The van der Waals surface area contributed by atoms with Gasteiger partial charge in [0.2, 0.25) is 0 Å². The lowest BCUT2D eigenvalue weighted by atomic mass is 9.92. The van der Waals surface area contributed by atoms with E-state index >= 15 is 0 Å². The van der Waals surface area contributed by atoms with E-state index in [0.29, 0.717) is 6.42 Å². The van der Waals surface area contributed by atoms with Gasteiger partial charge in [-0.3, -0.25) is 0 Å². The molecule has 13 heavy (non-hydrogen) atoms. The van der Waals surface area contributed by atoms with Crippen LogP contribution in [-0.2, 0) is 5.60 Å². The Balaban J connectivity index is 2.81. The molecule has 1 aromatic carbocycles. The molecule has 1 unspecified atom stereocenters. The van der Waals surface area contributed by atoms with E-state index in [1.165, 1.54) is 0 Å². The number of benzene rings is 1. The molecule has 1 rings (SSSR count). The van der Waals surface area contributed by atoms with E-state index in [2.05, 4.69) is 0 Å². The van der Waals surface area contributed by atoms with Gasteiger partial charge in [0.15, 0.2) is 0 Å². The minimum atomic E-state index is -0.742. The van der Waals surface area contributed by atoms with Gasteiger partial charge in [-0.15, -0.1) is 0 Å². The van der Waals surface area contributed by atoms with Gasteiger partial charge < -0.3 is 5.11 Å². The van der Waals surface area contributed by atoms with Crippen molar-refractivity contribution in [3.05, 3.63) is 48.0 Å². The fourth-order valence-corrected chi connectivity index (χ4v) is 1.26. The Labute approximate surface area is 79.7 Å². The predicted octanol–water partition coefficient (Wildman–Crippen LogP) is 2.86. The molecular weight excluding hydrogens is 160 g/mol. The SMILES string of the molecule is C/C=C/CC(C)(O)c1ccccc1. The molecule has 70 valence electrons. The summed E-state index contributed by atoms with van der Waals surface area (Å²) in [6.07, 6.45) is 4.60. The summed E-state index contributed by atoms with van der Waals surface area (Å²) in [4.78, 5) is 0. The second-order valence-electron chi connectivity index (χ2n) is 3.41. The number of aliphatic hydroxyl groups is 1. The summed E-state index contributed by atoms with van der Waals surface area (Å²) in [6, 6.07) is 9.74. The van der Waals surface area contributed by atoms with Crippen LogP contribution >= 0.6 is 0 Å². The van der Waals surface area contributed by atoms with Crippen LogP contribution < -0.4 is 0 Å². The molecule has 0 spiro atoms. The van der Waals surface area contributed by atoms with Crippen molar-refractivity contribution in [1.82, 2.24) is 0 Å². The predicted molar refractivity (Wildman–Crippen MR) is 55.4 cm³/mol. The van der Waals surface area contributed by atoms with Crippen molar-refractivity contribution in [3.8, 4) is 0 Å². The van der Waals surface area contributed by atoms with E-state index in [-0.39, 0.29) is 0 Å². The van der Waals surface area contributed by atoms with Gasteiger partial charge in [0.05, 0.1) is 5.60 Å². The van der Waals surface area contributed by atoms with Crippen LogP contribution in [-0.4, -0.2) is 5.11 Å². The van der Waals surface area contributed by atoms with E-state index in [0.717, 1.165) is 5.56 Å². The first-order chi connectivity index (χ1) is 6.17. The highest BCUT2D eigenvalue weighted by atomic mass is 16.3. The second kappa shape index (κ2) is 4.24. The van der Waals surface area contributed by atoms with Crippen molar-refractivity contribution in [2.75, 3.05) is 0 Å². The zero-order valence-corrected chi connectivity index (χ0v) is 8.20. The van der Waals surface area contributed by atoms with Crippen LogP contribution in [0.1, 0.15) is 25.8 Å². The average molecular weight is 176 g/mol. The Morgan fingerprint density at radius 3 is 2.46 bits per heavy atom. The standard InChI is InChI=1S/C12H16O/c1-3-4-10-12(2,13)11-8-6-5-7-9-11/h3-9,13H,10H2,1-2H3/b4-3+. The zero-order valence-electron chi connectivity index (χ0n) is 8.20. The number of hydrogen-bond acceptors (Lipinski definition) is 1. The molecule has 1 heteroatoms. The molecule has 1 N–H and O–H groups in total. The van der Waals surface area contributed by atoms with Crippen molar-refractivity contribution in [1.29, 1.82) is 0 Å². The molecule has 1 atom stereocenters. The number of allylic oxidation sites excluding steroid dienone is 1. The third kappa shape index (κ3) is 2.71. The third-order valence-corrected chi connectivity index (χ3v) is 2.15. The van der Waals surface area contributed by atoms with Gasteiger partial charge in [0.1, 0.15) is 0 Å².